The summed E-state index contributed by atoms with van der Waals surface area (Å²) in [5.41, 5.74) is 0.775. The first kappa shape index (κ1) is 27.8. The quantitative estimate of drug-likeness (QED) is 0.391. The number of sulfone groups is 1. The molecule has 0 N–H and O–H groups in total. The fraction of sp³-hybridized carbons (Fsp3) is 0.391. The summed E-state index contributed by atoms with van der Waals surface area (Å²) in [7, 11) is -0.408. The Bertz CT molecular complexity index is 1220. The molecular weight excluding hydrogens is 498 g/mol. The smallest absolute Gasteiger partial charge is 0.260 e. The lowest BCUT2D eigenvalue weighted by Crippen LogP contribution is -2.38. The second-order valence-corrected chi connectivity index (χ2v) is 10.4. The Morgan fingerprint density at radius 2 is 1.65 bits per heavy atom. The average Bonchev–Trinajstić information content (AvgIpc) is 3.24. The van der Waals surface area contributed by atoms with Crippen LogP contribution in [0.5, 0.6) is 11.5 Å². The summed E-state index contributed by atoms with van der Waals surface area (Å²) >= 11 is 1.29. The molecule has 0 saturated carbocycles. The normalized spacial score (nSPS) is 11.4. The van der Waals surface area contributed by atoms with E-state index in [1.807, 2.05) is 6.07 Å². The van der Waals surface area contributed by atoms with Crippen LogP contribution in [0.3, 0.4) is 0 Å². The van der Waals surface area contributed by atoms with E-state index in [-0.39, 0.29) is 23.2 Å². The summed E-state index contributed by atoms with van der Waals surface area (Å²) in [5.74, 6) is 0.745. The first-order chi connectivity index (χ1) is 15.7. The van der Waals surface area contributed by atoms with Gasteiger partial charge in [-0.25, -0.2) is 13.4 Å². The summed E-state index contributed by atoms with van der Waals surface area (Å²) in [6, 6.07) is 10.1. The minimum Gasteiger partial charge on any atom is -0.497 e. The summed E-state index contributed by atoms with van der Waals surface area (Å²) in [6.45, 7) is 6.88. The van der Waals surface area contributed by atoms with Gasteiger partial charge < -0.3 is 14.4 Å². The number of fused-ring (bicyclic) bond motifs is 1. The van der Waals surface area contributed by atoms with Crippen LogP contribution in [0.25, 0.3) is 10.2 Å². The minimum absolute atomic E-state index is 0. The van der Waals surface area contributed by atoms with Gasteiger partial charge in [0.1, 0.15) is 17.0 Å². The average molecular weight is 528 g/mol. The molecule has 0 saturated heterocycles. The highest BCUT2D eigenvalue weighted by atomic mass is 35.5. The highest BCUT2D eigenvalue weighted by Gasteiger charge is 2.25. The molecule has 8 nitrogen and oxygen atoms in total. The highest BCUT2D eigenvalue weighted by Crippen LogP contribution is 2.34. The molecule has 1 heterocycles. The third kappa shape index (κ3) is 6.18. The van der Waals surface area contributed by atoms with E-state index in [1.165, 1.54) is 31.6 Å². The summed E-state index contributed by atoms with van der Waals surface area (Å²) in [6.07, 6.45) is 1.16. The molecule has 0 aliphatic carbocycles. The van der Waals surface area contributed by atoms with Crippen molar-refractivity contribution in [2.45, 2.75) is 18.7 Å². The number of carbonyl (C=O) groups is 1. The van der Waals surface area contributed by atoms with E-state index in [9.17, 15) is 13.2 Å². The van der Waals surface area contributed by atoms with Crippen molar-refractivity contribution in [3.8, 4) is 11.5 Å². The first-order valence-corrected chi connectivity index (χ1v) is 13.3. The van der Waals surface area contributed by atoms with Gasteiger partial charge in [-0.15, -0.1) is 12.4 Å². The second-order valence-electron chi connectivity index (χ2n) is 7.46. The lowest BCUT2D eigenvalue weighted by atomic mass is 10.1. The molecule has 3 rings (SSSR count). The zero-order valence-electron chi connectivity index (χ0n) is 19.9. The molecule has 1 amide bonds. The largest absolute Gasteiger partial charge is 0.497 e. The molecule has 3 aromatic rings. The summed E-state index contributed by atoms with van der Waals surface area (Å²) in [5, 5.41) is 0.444. The van der Waals surface area contributed by atoms with Crippen LogP contribution < -0.4 is 14.4 Å². The van der Waals surface area contributed by atoms with E-state index in [1.54, 1.807) is 29.2 Å². The second kappa shape index (κ2) is 11.8. The molecule has 1 aromatic heterocycles. The number of para-hydroxylation sites is 1. The molecule has 0 radical (unpaired) electrons. The molecule has 2 aromatic carbocycles. The van der Waals surface area contributed by atoms with Crippen LogP contribution in [-0.4, -0.2) is 70.9 Å². The molecule has 0 unspecified atom stereocenters. The number of methoxy groups -OCH3 is 2. The predicted molar refractivity (Wildman–Crippen MR) is 139 cm³/mol. The minimum atomic E-state index is -3.47. The number of halogens is 1. The van der Waals surface area contributed by atoms with E-state index in [2.05, 4.69) is 23.7 Å². The highest BCUT2D eigenvalue weighted by molar-refractivity contribution is 7.91. The van der Waals surface area contributed by atoms with Gasteiger partial charge in [-0.05, 0) is 37.4 Å². The SMILES string of the molecule is CCN(CC)CCN(C(=O)c1cc(OC)cc(OC)c1)c1nc2c(S(C)(=O)=O)cccc2s1.Cl. The van der Waals surface area contributed by atoms with Crippen LogP contribution in [0.2, 0.25) is 0 Å². The van der Waals surface area contributed by atoms with Gasteiger partial charge >= 0.3 is 0 Å². The molecule has 0 aliphatic heterocycles. The van der Waals surface area contributed by atoms with Gasteiger partial charge in [0.05, 0.1) is 23.8 Å². The monoisotopic (exact) mass is 527 g/mol. The van der Waals surface area contributed by atoms with Crippen molar-refractivity contribution in [2.24, 2.45) is 0 Å². The zero-order chi connectivity index (χ0) is 24.2. The van der Waals surface area contributed by atoms with Gasteiger partial charge in [-0.1, -0.05) is 31.3 Å². The third-order valence-electron chi connectivity index (χ3n) is 5.38. The molecule has 0 bridgehead atoms. The topological polar surface area (TPSA) is 89.0 Å². The Kier molecular flexibility index (Phi) is 9.69. The number of aromatic nitrogens is 1. The number of likely N-dealkylation sites (N-methyl/N-ethyl adjacent to an activating group) is 1. The summed E-state index contributed by atoms with van der Waals surface area (Å²) in [4.78, 5) is 22.2. The van der Waals surface area contributed by atoms with Gasteiger partial charge in [0.2, 0.25) is 0 Å². The third-order valence-corrected chi connectivity index (χ3v) is 7.55. The maximum atomic E-state index is 13.7. The van der Waals surface area contributed by atoms with Crippen molar-refractivity contribution < 1.29 is 22.7 Å². The van der Waals surface area contributed by atoms with E-state index in [4.69, 9.17) is 9.47 Å². The lowest BCUT2D eigenvalue weighted by molar-refractivity contribution is 0.0983. The standard InChI is InChI=1S/C23H29N3O5S2.ClH/c1-6-25(7-2)11-12-26(22(27)16-13-17(30-3)15-18(14-16)31-4)23-24-21-19(32-23)9-8-10-20(21)33(5,28)29;/h8-10,13-15H,6-7,11-12H2,1-5H3;1H. The molecule has 0 aliphatic rings. The van der Waals surface area contributed by atoms with Crippen molar-refractivity contribution >= 4 is 54.8 Å². The van der Waals surface area contributed by atoms with Gasteiger partial charge in [-0.3, -0.25) is 9.69 Å². The fourth-order valence-corrected chi connectivity index (χ4v) is 5.39. The first-order valence-electron chi connectivity index (χ1n) is 10.6. The fourth-order valence-electron chi connectivity index (χ4n) is 3.48. The number of hydrogen-bond acceptors (Lipinski definition) is 8. The van der Waals surface area contributed by atoms with E-state index in [0.717, 1.165) is 19.3 Å². The number of amides is 1. The predicted octanol–water partition coefficient (Wildman–Crippen LogP) is 4.13. The molecule has 0 spiro atoms. The van der Waals surface area contributed by atoms with Crippen molar-refractivity contribution in [3.63, 3.8) is 0 Å². The van der Waals surface area contributed by atoms with E-state index < -0.39 is 9.84 Å². The van der Waals surface area contributed by atoms with Crippen LogP contribution in [-0.2, 0) is 9.84 Å². The Morgan fingerprint density at radius 1 is 1.03 bits per heavy atom. The number of nitrogens with zero attached hydrogens (tertiary/aromatic N) is 3. The van der Waals surface area contributed by atoms with Crippen LogP contribution in [0.15, 0.2) is 41.3 Å². The number of hydrogen-bond donors (Lipinski definition) is 0. The van der Waals surface area contributed by atoms with Crippen LogP contribution in [0, 0.1) is 0 Å². The van der Waals surface area contributed by atoms with Crippen molar-refractivity contribution in [1.29, 1.82) is 0 Å². The van der Waals surface area contributed by atoms with Gasteiger partial charge in [0, 0.05) is 31.0 Å². The Hall–Kier alpha value is -2.40. The molecule has 34 heavy (non-hydrogen) atoms. The van der Waals surface area contributed by atoms with E-state index in [0.29, 0.717) is 45.5 Å². The van der Waals surface area contributed by atoms with Crippen molar-refractivity contribution in [1.82, 2.24) is 9.88 Å². The molecule has 186 valence electrons. The van der Waals surface area contributed by atoms with Crippen molar-refractivity contribution in [2.75, 3.05) is 51.6 Å². The van der Waals surface area contributed by atoms with Gasteiger partial charge in [-0.2, -0.15) is 0 Å². The Balaban J connectivity index is 0.00000408. The van der Waals surface area contributed by atoms with E-state index >= 15 is 0 Å². The van der Waals surface area contributed by atoms with Crippen LogP contribution in [0.4, 0.5) is 5.13 Å². The van der Waals surface area contributed by atoms with Crippen molar-refractivity contribution in [3.05, 3.63) is 42.0 Å². The number of rotatable bonds is 10. The number of benzene rings is 2. The molecular formula is C23H30ClN3O5S2. The Labute approximate surface area is 210 Å². The van der Waals surface area contributed by atoms with Gasteiger partial charge in [0.25, 0.3) is 5.91 Å². The zero-order valence-corrected chi connectivity index (χ0v) is 22.3. The molecule has 0 fully saturated rings. The maximum Gasteiger partial charge on any atom is 0.260 e. The summed E-state index contributed by atoms with van der Waals surface area (Å²) < 4.78 is 35.9. The number of thiazole rings is 1. The lowest BCUT2D eigenvalue weighted by Gasteiger charge is -2.25. The number of ether oxygens (including phenoxy) is 2. The Morgan fingerprint density at radius 3 is 2.18 bits per heavy atom. The van der Waals surface area contributed by atoms with Gasteiger partial charge in [0.15, 0.2) is 15.0 Å². The van der Waals surface area contributed by atoms with Crippen LogP contribution >= 0.6 is 23.7 Å². The van der Waals surface area contributed by atoms with Crippen LogP contribution in [0.1, 0.15) is 24.2 Å². The maximum absolute atomic E-state index is 13.7. The number of anilines is 1. The number of carbonyl (C=O) groups excluding carboxylic acids is 1. The molecule has 11 heteroatoms. The molecule has 0 atom stereocenters.